The Bertz CT molecular complexity index is 1150. The number of fused-ring (bicyclic) bond motifs is 1. The van der Waals surface area contributed by atoms with Crippen molar-refractivity contribution < 1.29 is 24.5 Å². The molecule has 0 radical (unpaired) electrons. The van der Waals surface area contributed by atoms with E-state index in [4.69, 9.17) is 16.3 Å². The first-order valence-corrected chi connectivity index (χ1v) is 11.0. The van der Waals surface area contributed by atoms with E-state index >= 15 is 0 Å². The Morgan fingerprint density at radius 1 is 1.21 bits per heavy atom. The van der Waals surface area contributed by atoms with Gasteiger partial charge in [-0.1, -0.05) is 17.7 Å². The second kappa shape index (κ2) is 8.96. The molecular formula is C24H26ClN3O5. The van der Waals surface area contributed by atoms with Gasteiger partial charge in [0, 0.05) is 25.7 Å². The Kier molecular flexibility index (Phi) is 6.23. The molecule has 33 heavy (non-hydrogen) atoms. The van der Waals surface area contributed by atoms with E-state index in [0.717, 1.165) is 5.69 Å². The number of halogens is 1. The van der Waals surface area contributed by atoms with E-state index in [9.17, 15) is 19.8 Å². The smallest absolute Gasteiger partial charge is 0.295 e. The quantitative estimate of drug-likeness (QED) is 0.393. The van der Waals surface area contributed by atoms with Crippen molar-refractivity contribution in [2.75, 3.05) is 52.3 Å². The molecule has 1 amide bonds. The van der Waals surface area contributed by atoms with Crippen LogP contribution in [0.15, 0.2) is 42.0 Å². The number of hydrogen-bond acceptors (Lipinski definition) is 7. The maximum Gasteiger partial charge on any atom is 0.295 e. The van der Waals surface area contributed by atoms with E-state index in [-0.39, 0.29) is 28.6 Å². The fraction of sp³-hybridized carbons (Fsp3) is 0.333. The maximum atomic E-state index is 13.1. The molecule has 9 heteroatoms. The predicted molar refractivity (Wildman–Crippen MR) is 126 cm³/mol. The monoisotopic (exact) mass is 471 g/mol. The number of phenolic OH excluding ortho intramolecular Hbond substituents is 1. The minimum absolute atomic E-state index is 0.0140. The van der Waals surface area contributed by atoms with Gasteiger partial charge in [-0.15, -0.1) is 0 Å². The van der Waals surface area contributed by atoms with Crippen molar-refractivity contribution >= 4 is 34.7 Å². The third-order valence-corrected chi connectivity index (χ3v) is 6.25. The van der Waals surface area contributed by atoms with Crippen LogP contribution < -0.4 is 9.64 Å². The lowest BCUT2D eigenvalue weighted by atomic mass is 9.95. The number of Topliss-reactive ketones (excluding diaryl/α,β-unsaturated/α-hetero) is 1. The number of likely N-dealkylation sites (tertiary alicyclic amines) is 1. The molecule has 0 bridgehead atoms. The molecule has 0 saturated carbocycles. The molecule has 2 aromatic rings. The topological polar surface area (TPSA) is 93.6 Å². The lowest BCUT2D eigenvalue weighted by Crippen LogP contribution is -2.35. The van der Waals surface area contributed by atoms with Crippen molar-refractivity contribution in [3.05, 3.63) is 58.1 Å². The first-order chi connectivity index (χ1) is 15.7. The van der Waals surface area contributed by atoms with Crippen LogP contribution in [0.3, 0.4) is 0 Å². The molecule has 0 aliphatic carbocycles. The Morgan fingerprint density at radius 2 is 1.97 bits per heavy atom. The summed E-state index contributed by atoms with van der Waals surface area (Å²) in [6.45, 7) is 2.06. The molecule has 1 saturated heterocycles. The van der Waals surface area contributed by atoms with Crippen molar-refractivity contribution in [1.29, 1.82) is 0 Å². The molecule has 1 atom stereocenters. The SMILES string of the molecule is CN(C)CCN1C(=O)C(=O)/C(=C(\O)c2ccc3c(c2)N(C)CCO3)C1c1ccc(O)c(Cl)c1. The minimum atomic E-state index is -0.840. The van der Waals surface area contributed by atoms with Crippen LogP contribution in [0.2, 0.25) is 5.02 Å². The lowest BCUT2D eigenvalue weighted by molar-refractivity contribution is -0.140. The van der Waals surface area contributed by atoms with Crippen LogP contribution in [0.25, 0.3) is 5.76 Å². The maximum absolute atomic E-state index is 13.1. The summed E-state index contributed by atoms with van der Waals surface area (Å²) < 4.78 is 5.67. The minimum Gasteiger partial charge on any atom is -0.507 e. The number of rotatable bonds is 5. The summed E-state index contributed by atoms with van der Waals surface area (Å²) in [7, 11) is 5.66. The van der Waals surface area contributed by atoms with Crippen LogP contribution in [-0.4, -0.2) is 79.1 Å². The fourth-order valence-corrected chi connectivity index (χ4v) is 4.30. The number of anilines is 1. The van der Waals surface area contributed by atoms with Gasteiger partial charge >= 0.3 is 0 Å². The van der Waals surface area contributed by atoms with Gasteiger partial charge in [0.05, 0.1) is 28.9 Å². The highest BCUT2D eigenvalue weighted by Gasteiger charge is 2.46. The lowest BCUT2D eigenvalue weighted by Gasteiger charge is -2.28. The number of carbonyl (C=O) groups is 2. The van der Waals surface area contributed by atoms with Crippen molar-refractivity contribution in [2.45, 2.75) is 6.04 Å². The molecule has 2 N–H and O–H groups in total. The van der Waals surface area contributed by atoms with Gasteiger partial charge in [0.25, 0.3) is 11.7 Å². The van der Waals surface area contributed by atoms with Crippen LogP contribution in [0.5, 0.6) is 11.5 Å². The second-order valence-electron chi connectivity index (χ2n) is 8.46. The van der Waals surface area contributed by atoms with Crippen LogP contribution in [0.1, 0.15) is 17.2 Å². The highest BCUT2D eigenvalue weighted by Crippen LogP contribution is 2.42. The summed E-state index contributed by atoms with van der Waals surface area (Å²) in [5.74, 6) is -1.14. The number of ketones is 1. The first kappa shape index (κ1) is 22.9. The molecule has 1 fully saturated rings. The van der Waals surface area contributed by atoms with E-state index in [1.807, 2.05) is 30.9 Å². The van der Waals surface area contributed by atoms with E-state index < -0.39 is 17.7 Å². The van der Waals surface area contributed by atoms with E-state index in [1.165, 1.54) is 17.0 Å². The van der Waals surface area contributed by atoms with Gasteiger partial charge in [0.1, 0.15) is 23.9 Å². The molecule has 2 heterocycles. The Hall–Kier alpha value is -3.23. The van der Waals surface area contributed by atoms with Crippen LogP contribution >= 0.6 is 11.6 Å². The van der Waals surface area contributed by atoms with Gasteiger partial charge in [-0.3, -0.25) is 9.59 Å². The summed E-state index contributed by atoms with van der Waals surface area (Å²) in [4.78, 5) is 31.4. The van der Waals surface area contributed by atoms with Gasteiger partial charge in [0.2, 0.25) is 0 Å². The molecule has 0 aromatic heterocycles. The van der Waals surface area contributed by atoms with Crippen LogP contribution in [0, 0.1) is 0 Å². The largest absolute Gasteiger partial charge is 0.507 e. The van der Waals surface area contributed by atoms with Gasteiger partial charge in [-0.25, -0.2) is 0 Å². The Balaban J connectivity index is 1.85. The number of aliphatic hydroxyl groups is 1. The number of phenols is 1. The number of ether oxygens (including phenoxy) is 1. The molecule has 2 aliphatic rings. The van der Waals surface area contributed by atoms with Crippen molar-refractivity contribution in [1.82, 2.24) is 9.80 Å². The zero-order valence-corrected chi connectivity index (χ0v) is 19.5. The van der Waals surface area contributed by atoms with Crippen LogP contribution in [-0.2, 0) is 9.59 Å². The number of nitrogens with zero attached hydrogens (tertiary/aromatic N) is 3. The average molecular weight is 472 g/mol. The Labute approximate surface area is 197 Å². The van der Waals surface area contributed by atoms with E-state index in [1.54, 1.807) is 24.3 Å². The molecule has 2 aliphatic heterocycles. The number of benzene rings is 2. The number of aromatic hydroxyl groups is 1. The average Bonchev–Trinajstić information content (AvgIpc) is 3.04. The van der Waals surface area contributed by atoms with Gasteiger partial charge in [-0.2, -0.15) is 0 Å². The fourth-order valence-electron chi connectivity index (χ4n) is 4.11. The van der Waals surface area contributed by atoms with Crippen LogP contribution in [0.4, 0.5) is 5.69 Å². The van der Waals surface area contributed by atoms with Crippen molar-refractivity contribution in [3.8, 4) is 11.5 Å². The molecule has 4 rings (SSSR count). The molecule has 2 aromatic carbocycles. The van der Waals surface area contributed by atoms with Crippen molar-refractivity contribution in [2.24, 2.45) is 0 Å². The van der Waals surface area contributed by atoms with E-state index in [2.05, 4.69) is 0 Å². The zero-order valence-electron chi connectivity index (χ0n) is 18.7. The molecule has 0 spiro atoms. The molecule has 1 unspecified atom stereocenters. The normalized spacial score (nSPS) is 19.7. The number of hydrogen-bond donors (Lipinski definition) is 2. The first-order valence-electron chi connectivity index (χ1n) is 10.6. The van der Waals surface area contributed by atoms with E-state index in [0.29, 0.717) is 36.6 Å². The molecule has 174 valence electrons. The molecule has 8 nitrogen and oxygen atoms in total. The summed E-state index contributed by atoms with van der Waals surface area (Å²) in [5, 5.41) is 21.2. The van der Waals surface area contributed by atoms with Gasteiger partial charge < -0.3 is 29.6 Å². The summed E-state index contributed by atoms with van der Waals surface area (Å²) in [5.41, 5.74) is 1.71. The predicted octanol–water partition coefficient (Wildman–Crippen LogP) is 2.86. The summed E-state index contributed by atoms with van der Waals surface area (Å²) >= 11 is 6.14. The van der Waals surface area contributed by atoms with Gasteiger partial charge in [0.15, 0.2) is 0 Å². The second-order valence-corrected chi connectivity index (χ2v) is 8.87. The number of aliphatic hydroxyl groups excluding tert-OH is 1. The zero-order chi connectivity index (χ0) is 23.9. The van der Waals surface area contributed by atoms with Gasteiger partial charge in [-0.05, 0) is 50.0 Å². The highest BCUT2D eigenvalue weighted by molar-refractivity contribution is 6.46. The third kappa shape index (κ3) is 4.24. The molecular weight excluding hydrogens is 446 g/mol. The third-order valence-electron chi connectivity index (χ3n) is 5.94. The summed E-state index contributed by atoms with van der Waals surface area (Å²) in [6, 6.07) is 8.84. The standard InChI is InChI=1S/C24H26ClN3O5/c1-26(2)8-9-28-21(14-4-6-18(29)16(25)12-14)20(23(31)24(28)32)22(30)15-5-7-19-17(13-15)27(3)10-11-33-19/h4-7,12-13,21,29-30H,8-11H2,1-3H3/b22-20-. The number of carbonyl (C=O) groups excluding carboxylic acids is 2. The number of likely N-dealkylation sites (N-methyl/N-ethyl adjacent to an activating group) is 2. The number of amides is 1. The Morgan fingerprint density at radius 3 is 2.67 bits per heavy atom. The highest BCUT2D eigenvalue weighted by atomic mass is 35.5. The summed E-state index contributed by atoms with van der Waals surface area (Å²) in [6.07, 6.45) is 0. The van der Waals surface area contributed by atoms with Crippen molar-refractivity contribution in [3.63, 3.8) is 0 Å².